The SMILES string of the molecule is COc1ccc2c(OC)cc(C(=O)O)cc2c1OC. The Morgan fingerprint density at radius 1 is 0.947 bits per heavy atom. The summed E-state index contributed by atoms with van der Waals surface area (Å²) in [6, 6.07) is 6.59. The molecule has 5 nitrogen and oxygen atoms in total. The van der Waals surface area contributed by atoms with E-state index in [0.29, 0.717) is 22.6 Å². The molecule has 0 atom stereocenters. The number of ether oxygens (including phenoxy) is 3. The number of rotatable bonds is 4. The van der Waals surface area contributed by atoms with Gasteiger partial charge in [-0.15, -0.1) is 0 Å². The van der Waals surface area contributed by atoms with Gasteiger partial charge in [0.2, 0.25) is 0 Å². The van der Waals surface area contributed by atoms with Crippen molar-refractivity contribution in [3.05, 3.63) is 29.8 Å². The topological polar surface area (TPSA) is 65.0 Å². The normalized spacial score (nSPS) is 10.3. The highest BCUT2D eigenvalue weighted by molar-refractivity contribution is 6.01. The molecule has 0 aliphatic rings. The third-order valence-electron chi connectivity index (χ3n) is 2.90. The lowest BCUT2D eigenvalue weighted by Crippen LogP contribution is -1.99. The molecule has 0 heterocycles. The first kappa shape index (κ1) is 13.0. The monoisotopic (exact) mass is 262 g/mol. The zero-order valence-corrected chi connectivity index (χ0v) is 10.9. The van der Waals surface area contributed by atoms with E-state index >= 15 is 0 Å². The maximum atomic E-state index is 11.1. The highest BCUT2D eigenvalue weighted by atomic mass is 16.5. The molecule has 2 rings (SSSR count). The van der Waals surface area contributed by atoms with Gasteiger partial charge in [0.25, 0.3) is 0 Å². The molecule has 1 N–H and O–H groups in total. The summed E-state index contributed by atoms with van der Waals surface area (Å²) in [4.78, 5) is 11.1. The van der Waals surface area contributed by atoms with Gasteiger partial charge in [-0.2, -0.15) is 0 Å². The number of fused-ring (bicyclic) bond motifs is 1. The minimum Gasteiger partial charge on any atom is -0.496 e. The highest BCUT2D eigenvalue weighted by Crippen LogP contribution is 2.39. The van der Waals surface area contributed by atoms with E-state index in [0.717, 1.165) is 5.39 Å². The molecule has 0 aromatic heterocycles. The molecule has 2 aromatic carbocycles. The predicted molar refractivity (Wildman–Crippen MR) is 70.6 cm³/mol. The van der Waals surface area contributed by atoms with Crippen molar-refractivity contribution in [1.29, 1.82) is 0 Å². The molecule has 2 aromatic rings. The van der Waals surface area contributed by atoms with Gasteiger partial charge in [0.15, 0.2) is 11.5 Å². The number of methoxy groups -OCH3 is 3. The van der Waals surface area contributed by atoms with Gasteiger partial charge < -0.3 is 19.3 Å². The van der Waals surface area contributed by atoms with Gasteiger partial charge >= 0.3 is 5.97 Å². The van der Waals surface area contributed by atoms with Gasteiger partial charge in [0, 0.05) is 10.8 Å². The third-order valence-corrected chi connectivity index (χ3v) is 2.90. The molecule has 0 bridgehead atoms. The second kappa shape index (κ2) is 5.06. The smallest absolute Gasteiger partial charge is 0.335 e. The summed E-state index contributed by atoms with van der Waals surface area (Å²) in [5.74, 6) is 0.488. The summed E-state index contributed by atoms with van der Waals surface area (Å²) >= 11 is 0. The number of carboxylic acid groups (broad SMARTS) is 1. The van der Waals surface area contributed by atoms with Gasteiger partial charge in [-0.3, -0.25) is 0 Å². The van der Waals surface area contributed by atoms with E-state index < -0.39 is 5.97 Å². The Labute approximate surface area is 110 Å². The molecule has 100 valence electrons. The molecule has 0 spiro atoms. The van der Waals surface area contributed by atoms with Crippen molar-refractivity contribution in [2.45, 2.75) is 0 Å². The van der Waals surface area contributed by atoms with Crippen molar-refractivity contribution in [3.8, 4) is 17.2 Å². The standard InChI is InChI=1S/C14H14O5/c1-17-11-5-4-9-10(13(11)19-3)6-8(14(15)16)7-12(9)18-2/h4-7H,1-3H3,(H,15,16). The van der Waals surface area contributed by atoms with E-state index in [4.69, 9.17) is 19.3 Å². The number of hydrogen-bond donors (Lipinski definition) is 1. The van der Waals surface area contributed by atoms with Crippen molar-refractivity contribution in [3.63, 3.8) is 0 Å². The fourth-order valence-electron chi connectivity index (χ4n) is 2.02. The fraction of sp³-hybridized carbons (Fsp3) is 0.214. The van der Waals surface area contributed by atoms with Crippen LogP contribution >= 0.6 is 0 Å². The number of benzene rings is 2. The third kappa shape index (κ3) is 2.14. The quantitative estimate of drug-likeness (QED) is 0.917. The summed E-state index contributed by atoms with van der Waals surface area (Å²) in [6.07, 6.45) is 0. The van der Waals surface area contributed by atoms with E-state index in [1.807, 2.05) is 0 Å². The van der Waals surface area contributed by atoms with Crippen LogP contribution in [0.2, 0.25) is 0 Å². The Bertz CT molecular complexity index is 633. The van der Waals surface area contributed by atoms with E-state index in [2.05, 4.69) is 0 Å². The minimum atomic E-state index is -1.02. The highest BCUT2D eigenvalue weighted by Gasteiger charge is 2.15. The zero-order chi connectivity index (χ0) is 14.0. The minimum absolute atomic E-state index is 0.135. The lowest BCUT2D eigenvalue weighted by atomic mass is 10.0. The van der Waals surface area contributed by atoms with Gasteiger partial charge in [0.1, 0.15) is 5.75 Å². The number of aromatic carboxylic acids is 1. The van der Waals surface area contributed by atoms with Crippen LogP contribution in [0.4, 0.5) is 0 Å². The van der Waals surface area contributed by atoms with Crippen LogP contribution in [0.15, 0.2) is 24.3 Å². The summed E-state index contributed by atoms with van der Waals surface area (Å²) in [6.45, 7) is 0. The Kier molecular flexibility index (Phi) is 3.46. The van der Waals surface area contributed by atoms with Crippen molar-refractivity contribution in [1.82, 2.24) is 0 Å². The first-order valence-corrected chi connectivity index (χ1v) is 5.58. The summed E-state index contributed by atoms with van der Waals surface area (Å²) in [5, 5.41) is 10.5. The van der Waals surface area contributed by atoms with E-state index in [1.165, 1.54) is 27.4 Å². The summed E-state index contributed by atoms with van der Waals surface area (Å²) < 4.78 is 15.7. The lowest BCUT2D eigenvalue weighted by Gasteiger charge is -2.13. The van der Waals surface area contributed by atoms with Crippen LogP contribution in [0, 0.1) is 0 Å². The van der Waals surface area contributed by atoms with Crippen LogP contribution in [0.5, 0.6) is 17.2 Å². The molecule has 0 amide bonds. The molecule has 0 aliphatic carbocycles. The molecule has 0 saturated heterocycles. The van der Waals surface area contributed by atoms with Crippen molar-refractivity contribution in [2.24, 2.45) is 0 Å². The molecule has 0 radical (unpaired) electrons. The average Bonchev–Trinajstić information content (AvgIpc) is 2.44. The van der Waals surface area contributed by atoms with Crippen molar-refractivity contribution >= 4 is 16.7 Å². The maximum Gasteiger partial charge on any atom is 0.335 e. The molecule has 19 heavy (non-hydrogen) atoms. The van der Waals surface area contributed by atoms with Crippen molar-refractivity contribution in [2.75, 3.05) is 21.3 Å². The largest absolute Gasteiger partial charge is 0.496 e. The maximum absolute atomic E-state index is 11.1. The first-order valence-electron chi connectivity index (χ1n) is 5.58. The molecule has 0 fully saturated rings. The Morgan fingerprint density at radius 2 is 1.63 bits per heavy atom. The Morgan fingerprint density at radius 3 is 2.16 bits per heavy atom. The van der Waals surface area contributed by atoms with Gasteiger partial charge in [0.05, 0.1) is 26.9 Å². The zero-order valence-electron chi connectivity index (χ0n) is 10.9. The van der Waals surface area contributed by atoms with Crippen LogP contribution in [-0.4, -0.2) is 32.4 Å². The molecular weight excluding hydrogens is 248 g/mol. The van der Waals surface area contributed by atoms with E-state index in [1.54, 1.807) is 18.2 Å². The van der Waals surface area contributed by atoms with E-state index in [9.17, 15) is 4.79 Å². The number of carbonyl (C=O) groups is 1. The van der Waals surface area contributed by atoms with Crippen LogP contribution in [0.1, 0.15) is 10.4 Å². The molecule has 5 heteroatoms. The van der Waals surface area contributed by atoms with E-state index in [-0.39, 0.29) is 5.56 Å². The van der Waals surface area contributed by atoms with Crippen LogP contribution in [-0.2, 0) is 0 Å². The Balaban J connectivity index is 2.86. The summed E-state index contributed by atoms with van der Waals surface area (Å²) in [5.41, 5.74) is 0.135. The van der Waals surface area contributed by atoms with Gasteiger partial charge in [-0.25, -0.2) is 4.79 Å². The van der Waals surface area contributed by atoms with Crippen LogP contribution < -0.4 is 14.2 Å². The van der Waals surface area contributed by atoms with Gasteiger partial charge in [-0.05, 0) is 24.3 Å². The average molecular weight is 262 g/mol. The lowest BCUT2D eigenvalue weighted by molar-refractivity contribution is 0.0696. The molecule has 0 saturated carbocycles. The second-order valence-electron chi connectivity index (χ2n) is 3.88. The van der Waals surface area contributed by atoms with Crippen molar-refractivity contribution < 1.29 is 24.1 Å². The predicted octanol–water partition coefficient (Wildman–Crippen LogP) is 2.56. The number of carboxylic acids is 1. The number of hydrogen-bond acceptors (Lipinski definition) is 4. The fourth-order valence-corrected chi connectivity index (χ4v) is 2.02. The van der Waals surface area contributed by atoms with Gasteiger partial charge in [-0.1, -0.05) is 0 Å². The molecule has 0 aliphatic heterocycles. The van der Waals surface area contributed by atoms with Crippen LogP contribution in [0.25, 0.3) is 10.8 Å². The molecular formula is C14H14O5. The summed E-state index contributed by atoms with van der Waals surface area (Å²) in [7, 11) is 4.54. The van der Waals surface area contributed by atoms with Crippen LogP contribution in [0.3, 0.4) is 0 Å². The molecule has 0 unspecified atom stereocenters. The second-order valence-corrected chi connectivity index (χ2v) is 3.88. The Hall–Kier alpha value is -2.43. The first-order chi connectivity index (χ1) is 9.12.